The molecular weight excluding hydrogens is 433 g/mol. The van der Waals surface area contributed by atoms with E-state index in [0.717, 1.165) is 0 Å². The summed E-state index contributed by atoms with van der Waals surface area (Å²) in [5.41, 5.74) is 0.878. The molecule has 0 spiro atoms. The van der Waals surface area contributed by atoms with Gasteiger partial charge in [0.1, 0.15) is 5.75 Å². The highest BCUT2D eigenvalue weighted by Gasteiger charge is 2.45. The molecule has 0 bridgehead atoms. The van der Waals surface area contributed by atoms with Crippen molar-refractivity contribution < 1.29 is 19.8 Å². The Morgan fingerprint density at radius 2 is 1.76 bits per heavy atom. The van der Waals surface area contributed by atoms with Crippen molar-refractivity contribution in [2.45, 2.75) is 6.04 Å². The van der Waals surface area contributed by atoms with E-state index in [1.807, 2.05) is 0 Å². The van der Waals surface area contributed by atoms with Gasteiger partial charge < -0.3 is 10.2 Å². The second kappa shape index (κ2) is 7.55. The normalized spacial score (nSPS) is 16.6. The Bertz CT molecular complexity index is 1140. The van der Waals surface area contributed by atoms with Gasteiger partial charge in [-0.3, -0.25) is 14.5 Å². The summed E-state index contributed by atoms with van der Waals surface area (Å²) in [5, 5.41) is 22.7. The van der Waals surface area contributed by atoms with Gasteiger partial charge in [0, 0.05) is 10.7 Å². The molecule has 3 aromatic rings. The maximum absolute atomic E-state index is 13.1. The molecule has 1 atom stereocenters. The molecule has 0 saturated carbocycles. The van der Waals surface area contributed by atoms with Gasteiger partial charge in [-0.2, -0.15) is 0 Å². The van der Waals surface area contributed by atoms with Crippen LogP contribution in [0.2, 0.25) is 10.0 Å². The summed E-state index contributed by atoms with van der Waals surface area (Å²) in [5.74, 6) is -1.90. The van der Waals surface area contributed by atoms with Crippen molar-refractivity contribution in [3.8, 4) is 5.75 Å². The lowest BCUT2D eigenvalue weighted by atomic mass is 9.95. The molecule has 8 heteroatoms. The number of phenolic OH excluding ortho intramolecular Hbond substituents is 1. The largest absolute Gasteiger partial charge is 0.506 e. The zero-order valence-electron chi connectivity index (χ0n) is 14.7. The molecule has 0 aliphatic carbocycles. The Labute approximate surface area is 180 Å². The number of hydrogen-bond acceptors (Lipinski definition) is 5. The van der Waals surface area contributed by atoms with Crippen LogP contribution in [0.1, 0.15) is 21.3 Å². The standard InChI is InChI=1S/C21H13Cl2NO4S/c22-12-4-6-13(7-5-12)24-18(11-3-8-15(25)14(23)10-11)17(20(27)21(24)28)19(26)16-2-1-9-29-16/h1-10,18,25,27H. The number of aliphatic hydroxyl groups excluding tert-OH is 1. The number of carbonyl (C=O) groups excluding carboxylic acids is 2. The highest BCUT2D eigenvalue weighted by Crippen LogP contribution is 2.43. The van der Waals surface area contributed by atoms with Gasteiger partial charge in [0.25, 0.3) is 5.91 Å². The van der Waals surface area contributed by atoms with Crippen LogP contribution < -0.4 is 4.90 Å². The van der Waals surface area contributed by atoms with Crippen LogP contribution >= 0.6 is 34.5 Å². The number of halogens is 2. The molecule has 2 N–H and O–H groups in total. The quantitative estimate of drug-likeness (QED) is 0.516. The second-order valence-electron chi connectivity index (χ2n) is 6.33. The topological polar surface area (TPSA) is 77.8 Å². The van der Waals surface area contributed by atoms with E-state index in [1.165, 1.54) is 28.4 Å². The molecule has 1 amide bonds. The van der Waals surface area contributed by atoms with E-state index in [2.05, 4.69) is 0 Å². The van der Waals surface area contributed by atoms with Crippen molar-refractivity contribution in [3.05, 3.63) is 91.8 Å². The predicted octanol–water partition coefficient (Wildman–Crippen LogP) is 5.54. The van der Waals surface area contributed by atoms with Gasteiger partial charge in [-0.1, -0.05) is 35.3 Å². The van der Waals surface area contributed by atoms with Crippen molar-refractivity contribution in [2.24, 2.45) is 0 Å². The third-order valence-electron chi connectivity index (χ3n) is 4.59. The lowest BCUT2D eigenvalue weighted by Crippen LogP contribution is -2.31. The van der Waals surface area contributed by atoms with E-state index < -0.39 is 23.5 Å². The maximum atomic E-state index is 13.1. The van der Waals surface area contributed by atoms with Gasteiger partial charge in [0.2, 0.25) is 5.78 Å². The van der Waals surface area contributed by atoms with E-state index >= 15 is 0 Å². The van der Waals surface area contributed by atoms with E-state index in [4.69, 9.17) is 23.2 Å². The molecule has 4 rings (SSSR count). The first-order valence-electron chi connectivity index (χ1n) is 8.47. The van der Waals surface area contributed by atoms with Crippen LogP contribution in [-0.2, 0) is 4.79 Å². The smallest absolute Gasteiger partial charge is 0.294 e. The van der Waals surface area contributed by atoms with E-state index in [0.29, 0.717) is 21.2 Å². The summed E-state index contributed by atoms with van der Waals surface area (Å²) in [4.78, 5) is 27.8. The minimum absolute atomic E-state index is 0.0471. The molecule has 5 nitrogen and oxygen atoms in total. The van der Waals surface area contributed by atoms with Crippen molar-refractivity contribution in [1.29, 1.82) is 0 Å². The Hall–Kier alpha value is -2.80. The number of aromatic hydroxyl groups is 1. The number of aliphatic hydroxyl groups is 1. The van der Waals surface area contributed by atoms with E-state index in [1.54, 1.807) is 47.8 Å². The summed E-state index contributed by atoms with van der Waals surface area (Å²) in [6.07, 6.45) is 0. The monoisotopic (exact) mass is 445 g/mol. The molecule has 1 aliphatic rings. The number of Topliss-reactive ketones (excluding diaryl/α,β-unsaturated/α-hetero) is 1. The number of amides is 1. The zero-order valence-corrected chi connectivity index (χ0v) is 17.0. The van der Waals surface area contributed by atoms with E-state index in [9.17, 15) is 19.8 Å². The SMILES string of the molecule is O=C(C1=C(O)C(=O)N(c2ccc(Cl)cc2)C1c1ccc(O)c(Cl)c1)c1cccs1. The van der Waals surface area contributed by atoms with Crippen LogP contribution in [-0.4, -0.2) is 21.9 Å². The van der Waals surface area contributed by atoms with Crippen molar-refractivity contribution in [2.75, 3.05) is 4.90 Å². The van der Waals surface area contributed by atoms with Crippen LogP contribution in [0.3, 0.4) is 0 Å². The average molecular weight is 446 g/mol. The number of benzene rings is 2. The van der Waals surface area contributed by atoms with Crippen LogP contribution in [0.4, 0.5) is 5.69 Å². The third-order valence-corrected chi connectivity index (χ3v) is 6.01. The summed E-state index contributed by atoms with van der Waals surface area (Å²) in [7, 11) is 0. The number of hydrogen-bond donors (Lipinski definition) is 2. The minimum atomic E-state index is -0.920. The highest BCUT2D eigenvalue weighted by atomic mass is 35.5. The fourth-order valence-electron chi connectivity index (χ4n) is 3.25. The van der Waals surface area contributed by atoms with E-state index in [-0.39, 0.29) is 16.3 Å². The van der Waals surface area contributed by atoms with Gasteiger partial charge in [-0.25, -0.2) is 0 Å². The van der Waals surface area contributed by atoms with Gasteiger partial charge in [-0.05, 0) is 53.4 Å². The molecule has 1 unspecified atom stereocenters. The van der Waals surface area contributed by atoms with Crippen molar-refractivity contribution in [1.82, 2.24) is 0 Å². The molecule has 2 heterocycles. The highest BCUT2D eigenvalue weighted by molar-refractivity contribution is 7.12. The molecule has 29 heavy (non-hydrogen) atoms. The van der Waals surface area contributed by atoms with Gasteiger partial charge >= 0.3 is 0 Å². The fraction of sp³-hybridized carbons (Fsp3) is 0.0476. The third kappa shape index (κ3) is 3.40. The number of phenols is 1. The van der Waals surface area contributed by atoms with Crippen LogP contribution in [0.5, 0.6) is 5.75 Å². The molecule has 1 aliphatic heterocycles. The molecule has 146 valence electrons. The maximum Gasteiger partial charge on any atom is 0.294 e. The Morgan fingerprint density at radius 3 is 2.38 bits per heavy atom. The molecule has 1 aromatic heterocycles. The summed E-state index contributed by atoms with van der Waals surface area (Å²) < 4.78 is 0. The van der Waals surface area contributed by atoms with Crippen LogP contribution in [0.25, 0.3) is 0 Å². The lowest BCUT2D eigenvalue weighted by Gasteiger charge is -2.27. The number of carbonyl (C=O) groups is 2. The molecule has 0 radical (unpaired) electrons. The first-order chi connectivity index (χ1) is 13.9. The second-order valence-corrected chi connectivity index (χ2v) is 8.12. The van der Waals surface area contributed by atoms with Crippen LogP contribution in [0, 0.1) is 0 Å². The Balaban J connectivity index is 1.90. The number of nitrogens with zero attached hydrogens (tertiary/aromatic N) is 1. The Kier molecular flexibility index (Phi) is 5.08. The lowest BCUT2D eigenvalue weighted by molar-refractivity contribution is -0.117. The van der Waals surface area contributed by atoms with Crippen molar-refractivity contribution >= 4 is 51.9 Å². The number of thiophene rings is 1. The summed E-state index contributed by atoms with van der Waals surface area (Å²) in [6.45, 7) is 0. The molecular formula is C21H13Cl2NO4S. The minimum Gasteiger partial charge on any atom is -0.506 e. The first kappa shape index (κ1) is 19.5. The molecule has 2 aromatic carbocycles. The Morgan fingerprint density at radius 1 is 1.03 bits per heavy atom. The van der Waals surface area contributed by atoms with Gasteiger partial charge in [0.05, 0.1) is 21.5 Å². The predicted molar refractivity (Wildman–Crippen MR) is 113 cm³/mol. The van der Waals surface area contributed by atoms with Crippen molar-refractivity contribution in [3.63, 3.8) is 0 Å². The zero-order chi connectivity index (χ0) is 20.7. The fourth-order valence-corrected chi connectivity index (χ4v) is 4.25. The summed E-state index contributed by atoms with van der Waals surface area (Å²) >= 11 is 13.2. The van der Waals surface area contributed by atoms with Crippen LogP contribution in [0.15, 0.2) is 71.3 Å². The molecule has 0 fully saturated rings. The average Bonchev–Trinajstić information content (AvgIpc) is 3.32. The number of rotatable bonds is 4. The van der Waals surface area contributed by atoms with Gasteiger partial charge in [-0.15, -0.1) is 11.3 Å². The first-order valence-corrected chi connectivity index (χ1v) is 10.1. The summed E-state index contributed by atoms with van der Waals surface area (Å²) in [6, 6.07) is 13.3. The number of ketones is 1. The number of anilines is 1. The molecule has 0 saturated heterocycles. The van der Waals surface area contributed by atoms with Gasteiger partial charge in [0.15, 0.2) is 5.76 Å².